The van der Waals surface area contributed by atoms with Crippen LogP contribution < -0.4 is 4.74 Å². The van der Waals surface area contributed by atoms with Crippen LogP contribution in [0.25, 0.3) is 0 Å². The smallest absolute Gasteiger partial charge is 0.290 e. The highest BCUT2D eigenvalue weighted by atomic mass is 16.5. The van der Waals surface area contributed by atoms with E-state index >= 15 is 0 Å². The molecule has 1 aromatic heterocycles. The summed E-state index contributed by atoms with van der Waals surface area (Å²) in [7, 11) is 0. The van der Waals surface area contributed by atoms with Gasteiger partial charge >= 0.3 is 0 Å². The molecule has 2 aliphatic rings. The van der Waals surface area contributed by atoms with Crippen LogP contribution in [0.15, 0.2) is 52.1 Å². The van der Waals surface area contributed by atoms with Gasteiger partial charge in [0.1, 0.15) is 11.5 Å². The Hall–Kier alpha value is -3.06. The van der Waals surface area contributed by atoms with Gasteiger partial charge in [0.2, 0.25) is 5.78 Å². The second-order valence-corrected chi connectivity index (χ2v) is 7.50. The van der Waals surface area contributed by atoms with Crippen LogP contribution in [0.5, 0.6) is 5.75 Å². The summed E-state index contributed by atoms with van der Waals surface area (Å²) in [6.07, 6.45) is 1.64. The van der Waals surface area contributed by atoms with E-state index in [1.54, 1.807) is 31.2 Å². The fourth-order valence-corrected chi connectivity index (χ4v) is 4.03. The Balaban J connectivity index is 1.73. The molecular weight excluding hydrogens is 386 g/mol. The van der Waals surface area contributed by atoms with Gasteiger partial charge in [0, 0.05) is 13.2 Å². The van der Waals surface area contributed by atoms with Crippen molar-refractivity contribution in [1.82, 2.24) is 4.90 Å². The standard InChI is InChI=1S/C23H25NO6/c1-3-28-16-9-7-15(8-10-16)20-19(21(25)18-11-6-14(2)30-18)22(26)23(27)24(20)13-17-5-4-12-29-17/h6-11,17,20,26H,3-5,12-13H2,1-2H3. The first-order valence-corrected chi connectivity index (χ1v) is 10.2. The molecule has 7 heteroatoms. The van der Waals surface area contributed by atoms with Gasteiger partial charge in [-0.3, -0.25) is 9.59 Å². The first-order valence-electron chi connectivity index (χ1n) is 10.2. The van der Waals surface area contributed by atoms with Crippen molar-refractivity contribution in [3.05, 3.63) is 64.8 Å². The number of nitrogens with zero attached hydrogens (tertiary/aromatic N) is 1. The largest absolute Gasteiger partial charge is 0.503 e. The molecule has 2 atom stereocenters. The molecule has 2 aliphatic heterocycles. The number of carbonyl (C=O) groups excluding carboxylic acids is 2. The number of aliphatic hydroxyl groups excluding tert-OH is 1. The van der Waals surface area contributed by atoms with Crippen LogP contribution in [0.2, 0.25) is 0 Å². The summed E-state index contributed by atoms with van der Waals surface area (Å²) < 4.78 is 16.7. The number of hydrogen-bond donors (Lipinski definition) is 1. The molecule has 158 valence electrons. The van der Waals surface area contributed by atoms with Gasteiger partial charge in [-0.1, -0.05) is 12.1 Å². The molecule has 0 saturated carbocycles. The number of aryl methyl sites for hydroxylation is 1. The van der Waals surface area contributed by atoms with Crippen molar-refractivity contribution in [2.24, 2.45) is 0 Å². The minimum absolute atomic E-state index is 0.0245. The zero-order chi connectivity index (χ0) is 21.3. The third-order valence-electron chi connectivity index (χ3n) is 5.44. The van der Waals surface area contributed by atoms with E-state index in [4.69, 9.17) is 13.9 Å². The number of Topliss-reactive ketones (excluding diaryl/α,β-unsaturated/α-hetero) is 1. The van der Waals surface area contributed by atoms with E-state index in [1.165, 1.54) is 4.90 Å². The maximum absolute atomic E-state index is 13.2. The molecule has 0 bridgehead atoms. The number of hydrogen-bond acceptors (Lipinski definition) is 6. The van der Waals surface area contributed by atoms with Gasteiger partial charge in [-0.2, -0.15) is 0 Å². The van der Waals surface area contributed by atoms with E-state index in [1.807, 2.05) is 19.1 Å². The SMILES string of the molecule is CCOc1ccc(C2C(C(=O)c3ccc(C)o3)=C(O)C(=O)N2CC2CCCO2)cc1. The first kappa shape index (κ1) is 20.2. The molecule has 7 nitrogen and oxygen atoms in total. The zero-order valence-corrected chi connectivity index (χ0v) is 17.1. The maximum atomic E-state index is 13.2. The Morgan fingerprint density at radius 2 is 2.00 bits per heavy atom. The number of furan rings is 1. The molecule has 2 aromatic rings. The number of rotatable bonds is 7. The monoisotopic (exact) mass is 411 g/mol. The highest BCUT2D eigenvalue weighted by Crippen LogP contribution is 2.40. The number of ether oxygens (including phenoxy) is 2. The van der Waals surface area contributed by atoms with Crippen molar-refractivity contribution in [2.45, 2.75) is 38.8 Å². The van der Waals surface area contributed by atoms with Crippen molar-refractivity contribution in [3.63, 3.8) is 0 Å². The normalized spacial score (nSPS) is 21.5. The van der Waals surface area contributed by atoms with Crippen molar-refractivity contribution in [1.29, 1.82) is 0 Å². The van der Waals surface area contributed by atoms with Gasteiger partial charge in [0.15, 0.2) is 11.5 Å². The summed E-state index contributed by atoms with van der Waals surface area (Å²) in [5, 5.41) is 10.7. The number of aliphatic hydroxyl groups is 1. The molecule has 3 heterocycles. The van der Waals surface area contributed by atoms with Crippen LogP contribution in [-0.4, -0.2) is 47.6 Å². The lowest BCUT2D eigenvalue weighted by Gasteiger charge is -2.28. The maximum Gasteiger partial charge on any atom is 0.290 e. The summed E-state index contributed by atoms with van der Waals surface area (Å²) in [4.78, 5) is 27.7. The second kappa shape index (κ2) is 8.36. The topological polar surface area (TPSA) is 89.2 Å². The highest BCUT2D eigenvalue weighted by molar-refractivity contribution is 6.15. The second-order valence-electron chi connectivity index (χ2n) is 7.50. The molecule has 1 amide bonds. The summed E-state index contributed by atoms with van der Waals surface area (Å²) in [6.45, 7) is 5.12. The van der Waals surface area contributed by atoms with Crippen LogP contribution >= 0.6 is 0 Å². The molecule has 0 aliphatic carbocycles. The summed E-state index contributed by atoms with van der Waals surface area (Å²) in [6, 6.07) is 9.72. The summed E-state index contributed by atoms with van der Waals surface area (Å²) in [5.74, 6) is -0.239. The van der Waals surface area contributed by atoms with E-state index in [9.17, 15) is 14.7 Å². The predicted molar refractivity (Wildman–Crippen MR) is 108 cm³/mol. The quantitative estimate of drug-likeness (QED) is 0.698. The van der Waals surface area contributed by atoms with Gasteiger partial charge in [0.25, 0.3) is 5.91 Å². The van der Waals surface area contributed by atoms with Crippen LogP contribution in [0.3, 0.4) is 0 Å². The van der Waals surface area contributed by atoms with Crippen molar-refractivity contribution in [3.8, 4) is 5.75 Å². The van der Waals surface area contributed by atoms with Gasteiger partial charge in [-0.05, 0) is 56.5 Å². The van der Waals surface area contributed by atoms with E-state index in [2.05, 4.69) is 0 Å². The fourth-order valence-electron chi connectivity index (χ4n) is 4.03. The molecule has 1 saturated heterocycles. The predicted octanol–water partition coefficient (Wildman–Crippen LogP) is 3.74. The lowest BCUT2D eigenvalue weighted by Crippen LogP contribution is -2.37. The molecule has 1 fully saturated rings. The molecule has 30 heavy (non-hydrogen) atoms. The summed E-state index contributed by atoms with van der Waals surface area (Å²) >= 11 is 0. The molecule has 2 unspecified atom stereocenters. The zero-order valence-electron chi connectivity index (χ0n) is 17.1. The van der Waals surface area contributed by atoms with E-state index in [0.717, 1.165) is 12.8 Å². The Morgan fingerprint density at radius 3 is 2.60 bits per heavy atom. The van der Waals surface area contributed by atoms with Gasteiger partial charge in [-0.15, -0.1) is 0 Å². The number of carbonyl (C=O) groups is 2. The van der Waals surface area contributed by atoms with Crippen molar-refractivity contribution >= 4 is 11.7 Å². The number of amides is 1. The molecule has 0 spiro atoms. The number of benzene rings is 1. The first-order chi connectivity index (χ1) is 14.5. The summed E-state index contributed by atoms with van der Waals surface area (Å²) in [5.41, 5.74) is 0.733. The van der Waals surface area contributed by atoms with E-state index in [0.29, 0.717) is 36.8 Å². The fraction of sp³-hybridized carbons (Fsp3) is 0.391. The van der Waals surface area contributed by atoms with Crippen molar-refractivity contribution in [2.75, 3.05) is 19.8 Å². The highest BCUT2D eigenvalue weighted by Gasteiger charge is 2.45. The molecular formula is C23H25NO6. The molecule has 1 aromatic carbocycles. The van der Waals surface area contributed by atoms with E-state index < -0.39 is 23.5 Å². The van der Waals surface area contributed by atoms with Crippen LogP contribution in [0, 0.1) is 6.92 Å². The third kappa shape index (κ3) is 3.73. The van der Waals surface area contributed by atoms with Crippen LogP contribution in [0.4, 0.5) is 0 Å². The van der Waals surface area contributed by atoms with Gasteiger partial charge < -0.3 is 23.9 Å². The average Bonchev–Trinajstić information content (AvgIpc) is 3.46. The molecule has 1 N–H and O–H groups in total. The lowest BCUT2D eigenvalue weighted by atomic mass is 9.95. The Kier molecular flexibility index (Phi) is 5.63. The van der Waals surface area contributed by atoms with Gasteiger partial charge in [-0.25, -0.2) is 0 Å². The van der Waals surface area contributed by atoms with Crippen LogP contribution in [-0.2, 0) is 9.53 Å². The Morgan fingerprint density at radius 1 is 1.23 bits per heavy atom. The minimum atomic E-state index is -0.727. The Bertz CT molecular complexity index is 968. The van der Waals surface area contributed by atoms with E-state index in [-0.39, 0.29) is 17.4 Å². The molecule has 4 rings (SSSR count). The Labute approximate surface area is 174 Å². The molecule has 0 radical (unpaired) electrons. The minimum Gasteiger partial charge on any atom is -0.503 e. The lowest BCUT2D eigenvalue weighted by molar-refractivity contribution is -0.131. The van der Waals surface area contributed by atoms with Crippen molar-refractivity contribution < 1.29 is 28.6 Å². The average molecular weight is 411 g/mol. The third-order valence-corrected chi connectivity index (χ3v) is 5.44. The number of ketones is 1. The van der Waals surface area contributed by atoms with Gasteiger partial charge in [0.05, 0.1) is 24.3 Å². The van der Waals surface area contributed by atoms with Crippen LogP contribution in [0.1, 0.15) is 47.7 Å².